The first-order valence-corrected chi connectivity index (χ1v) is 6.15. The lowest BCUT2D eigenvalue weighted by Crippen LogP contribution is -2.41. The van der Waals surface area contributed by atoms with Crippen LogP contribution in [0.4, 0.5) is 0 Å². The van der Waals surface area contributed by atoms with Crippen LogP contribution in [0, 0.1) is 0 Å². The number of carbonyl (C=O) groups is 1. The highest BCUT2D eigenvalue weighted by Gasteiger charge is 2.33. The van der Waals surface area contributed by atoms with E-state index in [1.54, 1.807) is 12.4 Å². The standard InChI is InChI=1S/C12H20N4O/c1-8(2)16-7-4-10(12(16)17)15-9(3)11-13-5-6-14-11/h5-6,8-10,15H,4,7H2,1-3H3,(H,13,14)/t9-,10-/m0/s1. The van der Waals surface area contributed by atoms with E-state index in [0.717, 1.165) is 18.8 Å². The predicted octanol–water partition coefficient (Wildman–Crippen LogP) is 1.07. The van der Waals surface area contributed by atoms with Gasteiger partial charge in [-0.15, -0.1) is 0 Å². The molecular weight excluding hydrogens is 216 g/mol. The third-order valence-corrected chi connectivity index (χ3v) is 3.24. The fourth-order valence-corrected chi connectivity index (χ4v) is 2.26. The summed E-state index contributed by atoms with van der Waals surface area (Å²) in [6, 6.07) is 0.289. The minimum absolute atomic E-state index is 0.0718. The van der Waals surface area contributed by atoms with Crippen LogP contribution in [0.25, 0.3) is 0 Å². The van der Waals surface area contributed by atoms with Gasteiger partial charge in [-0.1, -0.05) is 0 Å². The Kier molecular flexibility index (Phi) is 3.47. The Morgan fingerprint density at radius 1 is 1.53 bits per heavy atom. The average Bonchev–Trinajstić information content (AvgIpc) is 2.89. The largest absolute Gasteiger partial charge is 0.347 e. The summed E-state index contributed by atoms with van der Waals surface area (Å²) in [5, 5.41) is 3.33. The van der Waals surface area contributed by atoms with Gasteiger partial charge in [0.15, 0.2) is 0 Å². The Labute approximate surface area is 102 Å². The molecule has 0 bridgehead atoms. The summed E-state index contributed by atoms with van der Waals surface area (Å²) in [6.45, 7) is 6.97. The van der Waals surface area contributed by atoms with E-state index in [9.17, 15) is 4.79 Å². The van der Waals surface area contributed by atoms with Crippen molar-refractivity contribution in [3.63, 3.8) is 0 Å². The number of aromatic amines is 1. The molecule has 1 saturated heterocycles. The lowest BCUT2D eigenvalue weighted by atomic mass is 10.2. The van der Waals surface area contributed by atoms with Crippen molar-refractivity contribution in [3.05, 3.63) is 18.2 Å². The monoisotopic (exact) mass is 236 g/mol. The molecule has 1 amide bonds. The number of hydrogen-bond donors (Lipinski definition) is 2. The van der Waals surface area contributed by atoms with Crippen molar-refractivity contribution in [2.75, 3.05) is 6.54 Å². The zero-order valence-electron chi connectivity index (χ0n) is 10.6. The van der Waals surface area contributed by atoms with E-state index >= 15 is 0 Å². The quantitative estimate of drug-likeness (QED) is 0.822. The van der Waals surface area contributed by atoms with Crippen LogP contribution in [0.2, 0.25) is 0 Å². The van der Waals surface area contributed by atoms with Gasteiger partial charge in [0, 0.05) is 25.0 Å². The first-order valence-electron chi connectivity index (χ1n) is 6.15. The fourth-order valence-electron chi connectivity index (χ4n) is 2.26. The maximum atomic E-state index is 12.1. The Balaban J connectivity index is 1.95. The summed E-state index contributed by atoms with van der Waals surface area (Å²) in [7, 11) is 0. The molecule has 94 valence electrons. The SMILES string of the molecule is CC(C)N1CC[C@H](N[C@@H](C)c2ncc[nH]2)C1=O. The molecule has 1 aromatic rings. The Hall–Kier alpha value is -1.36. The van der Waals surface area contributed by atoms with Crippen molar-refractivity contribution >= 4 is 5.91 Å². The van der Waals surface area contributed by atoms with Crippen molar-refractivity contribution in [2.45, 2.75) is 45.3 Å². The second-order valence-electron chi connectivity index (χ2n) is 4.83. The molecule has 17 heavy (non-hydrogen) atoms. The molecule has 0 aromatic carbocycles. The Morgan fingerprint density at radius 2 is 2.29 bits per heavy atom. The number of likely N-dealkylation sites (tertiary alicyclic amines) is 1. The molecular formula is C12H20N4O. The zero-order valence-corrected chi connectivity index (χ0v) is 10.6. The number of carbonyl (C=O) groups excluding carboxylic acids is 1. The maximum absolute atomic E-state index is 12.1. The number of aromatic nitrogens is 2. The molecule has 2 N–H and O–H groups in total. The number of hydrogen-bond acceptors (Lipinski definition) is 3. The van der Waals surface area contributed by atoms with Crippen LogP contribution in [0.15, 0.2) is 12.4 Å². The van der Waals surface area contributed by atoms with Crippen LogP contribution in [0.5, 0.6) is 0 Å². The molecule has 0 aliphatic carbocycles. The molecule has 0 spiro atoms. The third-order valence-electron chi connectivity index (χ3n) is 3.24. The van der Waals surface area contributed by atoms with Gasteiger partial charge in [0.1, 0.15) is 5.82 Å². The van der Waals surface area contributed by atoms with Crippen LogP contribution in [0.3, 0.4) is 0 Å². The second kappa shape index (κ2) is 4.87. The minimum Gasteiger partial charge on any atom is -0.347 e. The van der Waals surface area contributed by atoms with Gasteiger partial charge in [-0.25, -0.2) is 4.98 Å². The molecule has 2 heterocycles. The van der Waals surface area contributed by atoms with Crippen molar-refractivity contribution in [3.8, 4) is 0 Å². The molecule has 2 atom stereocenters. The van der Waals surface area contributed by atoms with Crippen molar-refractivity contribution < 1.29 is 4.79 Å². The highest BCUT2D eigenvalue weighted by Crippen LogP contribution is 2.17. The summed E-state index contributed by atoms with van der Waals surface area (Å²) >= 11 is 0. The first kappa shape index (κ1) is 12.1. The first-order chi connectivity index (χ1) is 8.09. The summed E-state index contributed by atoms with van der Waals surface area (Å²) in [5.74, 6) is 1.08. The van der Waals surface area contributed by atoms with Gasteiger partial charge >= 0.3 is 0 Å². The van der Waals surface area contributed by atoms with E-state index in [1.165, 1.54) is 0 Å². The lowest BCUT2D eigenvalue weighted by molar-refractivity contribution is -0.130. The lowest BCUT2D eigenvalue weighted by Gasteiger charge is -2.22. The summed E-state index contributed by atoms with van der Waals surface area (Å²) in [6.07, 6.45) is 4.40. The summed E-state index contributed by atoms with van der Waals surface area (Å²) < 4.78 is 0. The number of nitrogens with one attached hydrogen (secondary N) is 2. The van der Waals surface area contributed by atoms with Gasteiger partial charge in [-0.2, -0.15) is 0 Å². The number of H-pyrrole nitrogens is 1. The number of rotatable bonds is 4. The Bertz CT molecular complexity index is 374. The van der Waals surface area contributed by atoms with Crippen LogP contribution >= 0.6 is 0 Å². The van der Waals surface area contributed by atoms with E-state index in [-0.39, 0.29) is 24.0 Å². The van der Waals surface area contributed by atoms with E-state index in [4.69, 9.17) is 0 Å². The van der Waals surface area contributed by atoms with Gasteiger partial charge < -0.3 is 9.88 Å². The van der Waals surface area contributed by atoms with Gasteiger partial charge in [0.2, 0.25) is 5.91 Å². The Morgan fingerprint density at radius 3 is 2.82 bits per heavy atom. The fraction of sp³-hybridized carbons (Fsp3) is 0.667. The molecule has 0 radical (unpaired) electrons. The predicted molar refractivity (Wildman–Crippen MR) is 65.4 cm³/mol. The molecule has 1 fully saturated rings. The molecule has 5 nitrogen and oxygen atoms in total. The van der Waals surface area contributed by atoms with Crippen LogP contribution in [0.1, 0.15) is 39.1 Å². The third kappa shape index (κ3) is 2.49. The highest BCUT2D eigenvalue weighted by atomic mass is 16.2. The molecule has 1 aromatic heterocycles. The van der Waals surface area contributed by atoms with E-state index in [0.29, 0.717) is 0 Å². The highest BCUT2D eigenvalue weighted by molar-refractivity contribution is 5.84. The molecule has 1 aliphatic heterocycles. The second-order valence-corrected chi connectivity index (χ2v) is 4.83. The molecule has 2 rings (SSSR count). The number of imidazole rings is 1. The minimum atomic E-state index is -0.0718. The van der Waals surface area contributed by atoms with E-state index in [2.05, 4.69) is 29.1 Å². The van der Waals surface area contributed by atoms with Gasteiger partial charge in [-0.3, -0.25) is 10.1 Å². The normalized spacial score (nSPS) is 22.5. The number of nitrogens with zero attached hydrogens (tertiary/aromatic N) is 2. The zero-order chi connectivity index (χ0) is 12.4. The van der Waals surface area contributed by atoms with Crippen LogP contribution in [-0.4, -0.2) is 39.4 Å². The van der Waals surface area contributed by atoms with Crippen LogP contribution < -0.4 is 5.32 Å². The smallest absolute Gasteiger partial charge is 0.240 e. The van der Waals surface area contributed by atoms with Gasteiger partial charge in [-0.05, 0) is 27.2 Å². The van der Waals surface area contributed by atoms with Crippen molar-refractivity contribution in [1.82, 2.24) is 20.2 Å². The van der Waals surface area contributed by atoms with E-state index in [1.807, 2.05) is 11.8 Å². The molecule has 5 heteroatoms. The molecule has 0 unspecified atom stereocenters. The molecule has 0 saturated carbocycles. The van der Waals surface area contributed by atoms with Crippen molar-refractivity contribution in [1.29, 1.82) is 0 Å². The maximum Gasteiger partial charge on any atom is 0.240 e. The van der Waals surface area contributed by atoms with Crippen LogP contribution in [-0.2, 0) is 4.79 Å². The summed E-state index contributed by atoms with van der Waals surface area (Å²) in [5.41, 5.74) is 0. The van der Waals surface area contributed by atoms with E-state index < -0.39 is 0 Å². The number of amides is 1. The van der Waals surface area contributed by atoms with Gasteiger partial charge in [0.25, 0.3) is 0 Å². The average molecular weight is 236 g/mol. The summed E-state index contributed by atoms with van der Waals surface area (Å²) in [4.78, 5) is 21.3. The van der Waals surface area contributed by atoms with Crippen molar-refractivity contribution in [2.24, 2.45) is 0 Å². The topological polar surface area (TPSA) is 61.0 Å². The van der Waals surface area contributed by atoms with Gasteiger partial charge in [0.05, 0.1) is 12.1 Å². The molecule has 1 aliphatic rings.